The number of para-hydroxylation sites is 1. The molecular weight excluding hydrogens is 367 g/mol. The lowest BCUT2D eigenvalue weighted by atomic mass is 10.1. The van der Waals surface area contributed by atoms with Crippen molar-refractivity contribution in [3.63, 3.8) is 0 Å². The lowest BCUT2D eigenvalue weighted by molar-refractivity contribution is 0.102. The zero-order valence-electron chi connectivity index (χ0n) is 13.0. The average Bonchev–Trinajstić information content (AvgIpc) is 2.58. The van der Waals surface area contributed by atoms with Gasteiger partial charge in [-0.25, -0.2) is 0 Å². The van der Waals surface area contributed by atoms with E-state index in [9.17, 15) is 4.79 Å². The van der Waals surface area contributed by atoms with Gasteiger partial charge in [-0.2, -0.15) is 0 Å². The van der Waals surface area contributed by atoms with Gasteiger partial charge in [-0.15, -0.1) is 0 Å². The largest absolute Gasteiger partial charge is 0.369 e. The fourth-order valence-electron chi connectivity index (χ4n) is 2.92. The molecule has 2 aromatic carbocycles. The van der Waals surface area contributed by atoms with Gasteiger partial charge in [-0.3, -0.25) is 4.79 Å². The van der Waals surface area contributed by atoms with Crippen LogP contribution in [0.15, 0.2) is 36.4 Å². The standard InChI is InChI=1S/C18H17Cl3N2O/c19-12-7-8-14(20)13(11-12)18(24)22-16-6-4-5-15(21)17(16)23-9-2-1-3-10-23/h4-8,11H,1-3,9-10H2,(H,22,24). The summed E-state index contributed by atoms with van der Waals surface area (Å²) in [5.74, 6) is -0.303. The van der Waals surface area contributed by atoms with Gasteiger partial charge in [0.05, 0.1) is 27.0 Å². The summed E-state index contributed by atoms with van der Waals surface area (Å²) in [6.45, 7) is 1.87. The molecule has 6 heteroatoms. The van der Waals surface area contributed by atoms with Crippen LogP contribution in [0.4, 0.5) is 11.4 Å². The van der Waals surface area contributed by atoms with E-state index in [0.29, 0.717) is 26.3 Å². The van der Waals surface area contributed by atoms with Crippen molar-refractivity contribution in [2.75, 3.05) is 23.3 Å². The fourth-order valence-corrected chi connectivity index (χ4v) is 3.59. The van der Waals surface area contributed by atoms with Crippen LogP contribution in [0.2, 0.25) is 15.1 Å². The molecule has 2 aromatic rings. The van der Waals surface area contributed by atoms with Gasteiger partial charge < -0.3 is 10.2 Å². The number of hydrogen-bond acceptors (Lipinski definition) is 2. The van der Waals surface area contributed by atoms with Crippen LogP contribution in [-0.4, -0.2) is 19.0 Å². The molecule has 126 valence electrons. The second-order valence-corrected chi connectivity index (χ2v) is 7.01. The first kappa shape index (κ1) is 17.4. The van der Waals surface area contributed by atoms with E-state index in [2.05, 4.69) is 10.2 Å². The third-order valence-corrected chi connectivity index (χ3v) is 4.95. The average molecular weight is 384 g/mol. The van der Waals surface area contributed by atoms with Gasteiger partial charge in [0.2, 0.25) is 0 Å². The van der Waals surface area contributed by atoms with E-state index in [1.165, 1.54) is 6.42 Å². The Bertz CT molecular complexity index is 758. The summed E-state index contributed by atoms with van der Waals surface area (Å²) in [7, 11) is 0. The molecule has 0 radical (unpaired) electrons. The number of benzene rings is 2. The molecule has 1 heterocycles. The maximum absolute atomic E-state index is 12.6. The summed E-state index contributed by atoms with van der Waals surface area (Å²) in [6, 6.07) is 10.3. The molecule has 0 aromatic heterocycles. The molecule has 1 saturated heterocycles. The van der Waals surface area contributed by atoms with Crippen LogP contribution in [0.5, 0.6) is 0 Å². The molecule has 1 amide bonds. The predicted octanol–water partition coefficient (Wildman–Crippen LogP) is 5.89. The van der Waals surface area contributed by atoms with Crippen molar-refractivity contribution in [3.8, 4) is 0 Å². The molecule has 0 atom stereocenters. The minimum atomic E-state index is -0.303. The number of carbonyl (C=O) groups is 1. The summed E-state index contributed by atoms with van der Waals surface area (Å²) in [4.78, 5) is 14.8. The molecule has 0 bridgehead atoms. The van der Waals surface area contributed by atoms with E-state index in [4.69, 9.17) is 34.8 Å². The third kappa shape index (κ3) is 3.80. The Morgan fingerprint density at radius 1 is 0.958 bits per heavy atom. The van der Waals surface area contributed by atoms with Crippen molar-refractivity contribution < 1.29 is 4.79 Å². The second kappa shape index (κ2) is 7.64. The number of rotatable bonds is 3. The SMILES string of the molecule is O=C(Nc1cccc(Cl)c1N1CCCCC1)c1cc(Cl)ccc1Cl. The molecule has 0 spiro atoms. The number of halogens is 3. The molecule has 0 unspecified atom stereocenters. The van der Waals surface area contributed by atoms with Crippen molar-refractivity contribution in [3.05, 3.63) is 57.0 Å². The lowest BCUT2D eigenvalue weighted by Crippen LogP contribution is -2.30. The van der Waals surface area contributed by atoms with Crippen molar-refractivity contribution in [2.45, 2.75) is 19.3 Å². The molecule has 3 nitrogen and oxygen atoms in total. The van der Waals surface area contributed by atoms with E-state index in [-0.39, 0.29) is 5.91 Å². The summed E-state index contributed by atoms with van der Waals surface area (Å²) in [5, 5.41) is 4.38. The topological polar surface area (TPSA) is 32.3 Å². The van der Waals surface area contributed by atoms with Crippen molar-refractivity contribution >= 4 is 52.1 Å². The molecular formula is C18H17Cl3N2O. The fraction of sp³-hybridized carbons (Fsp3) is 0.278. The van der Waals surface area contributed by atoms with E-state index in [1.807, 2.05) is 18.2 Å². The molecule has 24 heavy (non-hydrogen) atoms. The Balaban J connectivity index is 1.91. The number of nitrogens with one attached hydrogen (secondary N) is 1. The van der Waals surface area contributed by atoms with E-state index in [1.54, 1.807) is 18.2 Å². The molecule has 1 N–H and O–H groups in total. The van der Waals surface area contributed by atoms with Gasteiger partial charge in [0, 0.05) is 18.1 Å². The Morgan fingerprint density at radius 2 is 1.71 bits per heavy atom. The van der Waals surface area contributed by atoms with Gasteiger partial charge >= 0.3 is 0 Å². The van der Waals surface area contributed by atoms with Crippen LogP contribution in [0, 0.1) is 0 Å². The highest BCUT2D eigenvalue weighted by Gasteiger charge is 2.20. The van der Waals surface area contributed by atoms with Crippen molar-refractivity contribution in [2.24, 2.45) is 0 Å². The minimum Gasteiger partial charge on any atom is -0.369 e. The highest BCUT2D eigenvalue weighted by Crippen LogP contribution is 2.36. The van der Waals surface area contributed by atoms with Crippen molar-refractivity contribution in [1.82, 2.24) is 0 Å². The first-order chi connectivity index (χ1) is 11.6. The number of amides is 1. The summed E-state index contributed by atoms with van der Waals surface area (Å²) < 4.78 is 0. The number of nitrogens with zero attached hydrogens (tertiary/aromatic N) is 1. The number of anilines is 2. The molecule has 0 aliphatic carbocycles. The minimum absolute atomic E-state index is 0.303. The van der Waals surface area contributed by atoms with Crippen LogP contribution >= 0.6 is 34.8 Å². The quantitative estimate of drug-likeness (QED) is 0.716. The Kier molecular flexibility index (Phi) is 5.54. The van der Waals surface area contributed by atoms with Crippen LogP contribution in [0.3, 0.4) is 0 Å². The van der Waals surface area contributed by atoms with Gasteiger partial charge in [-0.1, -0.05) is 40.9 Å². The normalized spacial score (nSPS) is 14.5. The zero-order valence-corrected chi connectivity index (χ0v) is 15.3. The summed E-state index contributed by atoms with van der Waals surface area (Å²) in [5.41, 5.74) is 1.89. The molecule has 1 aliphatic heterocycles. The van der Waals surface area contributed by atoms with Crippen LogP contribution in [0.25, 0.3) is 0 Å². The maximum Gasteiger partial charge on any atom is 0.257 e. The predicted molar refractivity (Wildman–Crippen MR) is 102 cm³/mol. The monoisotopic (exact) mass is 382 g/mol. The van der Waals surface area contributed by atoms with E-state index in [0.717, 1.165) is 31.6 Å². The van der Waals surface area contributed by atoms with Gasteiger partial charge in [0.15, 0.2) is 0 Å². The second-order valence-electron chi connectivity index (χ2n) is 5.76. The highest BCUT2D eigenvalue weighted by molar-refractivity contribution is 6.37. The summed E-state index contributed by atoms with van der Waals surface area (Å²) >= 11 is 18.5. The third-order valence-electron chi connectivity index (χ3n) is 4.08. The smallest absolute Gasteiger partial charge is 0.257 e. The number of piperidine rings is 1. The first-order valence-electron chi connectivity index (χ1n) is 7.86. The molecule has 3 rings (SSSR count). The number of hydrogen-bond donors (Lipinski definition) is 1. The van der Waals surface area contributed by atoms with Gasteiger partial charge in [0.1, 0.15) is 0 Å². The Hall–Kier alpha value is -1.42. The zero-order chi connectivity index (χ0) is 17.1. The van der Waals surface area contributed by atoms with Crippen LogP contribution < -0.4 is 10.2 Å². The van der Waals surface area contributed by atoms with Crippen LogP contribution in [0.1, 0.15) is 29.6 Å². The van der Waals surface area contributed by atoms with Crippen molar-refractivity contribution in [1.29, 1.82) is 0 Å². The summed E-state index contributed by atoms with van der Waals surface area (Å²) in [6.07, 6.45) is 3.47. The highest BCUT2D eigenvalue weighted by atomic mass is 35.5. The van der Waals surface area contributed by atoms with E-state index >= 15 is 0 Å². The molecule has 1 fully saturated rings. The first-order valence-corrected chi connectivity index (χ1v) is 8.99. The van der Waals surface area contributed by atoms with Gasteiger partial charge in [-0.05, 0) is 49.6 Å². The van der Waals surface area contributed by atoms with E-state index < -0.39 is 0 Å². The van der Waals surface area contributed by atoms with Gasteiger partial charge in [0.25, 0.3) is 5.91 Å². The lowest BCUT2D eigenvalue weighted by Gasteiger charge is -2.31. The maximum atomic E-state index is 12.6. The molecule has 1 aliphatic rings. The Labute approximate surface area is 156 Å². The molecule has 0 saturated carbocycles. The van der Waals surface area contributed by atoms with Crippen LogP contribution in [-0.2, 0) is 0 Å². The Morgan fingerprint density at radius 3 is 2.46 bits per heavy atom. The number of carbonyl (C=O) groups excluding carboxylic acids is 1.